The molecule has 0 aliphatic heterocycles. The van der Waals surface area contributed by atoms with Crippen molar-refractivity contribution in [2.24, 2.45) is 5.92 Å². The van der Waals surface area contributed by atoms with Gasteiger partial charge in [0.1, 0.15) is 5.54 Å². The summed E-state index contributed by atoms with van der Waals surface area (Å²) in [7, 11) is 1.92. The summed E-state index contributed by atoms with van der Waals surface area (Å²) in [4.78, 5) is 2.42. The minimum Gasteiger partial charge on any atom is -0.380 e. The highest BCUT2D eigenvalue weighted by atomic mass is 16.5. The van der Waals surface area contributed by atoms with Gasteiger partial charge in [-0.05, 0) is 52.2 Å². The summed E-state index contributed by atoms with van der Waals surface area (Å²) >= 11 is 0. The quantitative estimate of drug-likeness (QED) is 0.649. The van der Waals surface area contributed by atoms with Crippen molar-refractivity contribution in [3.05, 3.63) is 0 Å². The Hall–Kier alpha value is -0.630. The predicted octanol–water partition coefficient (Wildman–Crippen LogP) is 2.02. The fraction of sp³-hybridized carbons (Fsp3) is 0.933. The zero-order valence-electron chi connectivity index (χ0n) is 12.7. The fourth-order valence-corrected chi connectivity index (χ4v) is 3.11. The van der Waals surface area contributed by atoms with E-state index in [-0.39, 0.29) is 5.54 Å². The highest BCUT2D eigenvalue weighted by Gasteiger charge is 2.41. The lowest BCUT2D eigenvalue weighted by Crippen LogP contribution is -2.46. The van der Waals surface area contributed by atoms with E-state index in [4.69, 9.17) is 4.74 Å². The smallest absolute Gasteiger partial charge is 0.109 e. The van der Waals surface area contributed by atoms with E-state index in [1.807, 2.05) is 14.0 Å². The molecule has 2 unspecified atom stereocenters. The van der Waals surface area contributed by atoms with Gasteiger partial charge in [0, 0.05) is 13.2 Å². The maximum absolute atomic E-state index is 9.44. The van der Waals surface area contributed by atoms with Gasteiger partial charge in [-0.15, -0.1) is 0 Å². The monoisotopic (exact) mass is 267 g/mol. The molecular formula is C15H29N3O. The summed E-state index contributed by atoms with van der Waals surface area (Å²) in [5.74, 6) is 0.489. The second-order valence-electron chi connectivity index (χ2n) is 5.34. The first-order valence-electron chi connectivity index (χ1n) is 7.62. The van der Waals surface area contributed by atoms with Crippen LogP contribution in [0.1, 0.15) is 39.5 Å². The Kier molecular flexibility index (Phi) is 7.37. The molecule has 4 nitrogen and oxygen atoms in total. The van der Waals surface area contributed by atoms with Crippen molar-refractivity contribution >= 4 is 0 Å². The number of nitrogens with zero attached hydrogens (tertiary/aromatic N) is 2. The molecule has 0 spiro atoms. The van der Waals surface area contributed by atoms with Crippen LogP contribution in [-0.4, -0.2) is 50.3 Å². The van der Waals surface area contributed by atoms with Gasteiger partial charge >= 0.3 is 0 Å². The first-order valence-corrected chi connectivity index (χ1v) is 7.62. The molecule has 1 saturated carbocycles. The summed E-state index contributed by atoms with van der Waals surface area (Å²) in [5.41, 5.74) is -0.278. The summed E-state index contributed by atoms with van der Waals surface area (Å²) < 4.78 is 5.41. The van der Waals surface area contributed by atoms with Gasteiger partial charge in [-0.3, -0.25) is 0 Å². The van der Waals surface area contributed by atoms with Crippen LogP contribution in [0, 0.1) is 17.2 Å². The van der Waals surface area contributed by atoms with Crippen LogP contribution in [0.15, 0.2) is 0 Å². The van der Waals surface area contributed by atoms with Crippen molar-refractivity contribution < 1.29 is 4.74 Å². The van der Waals surface area contributed by atoms with Crippen molar-refractivity contribution in [2.45, 2.75) is 45.1 Å². The van der Waals surface area contributed by atoms with E-state index in [9.17, 15) is 5.26 Å². The molecule has 0 radical (unpaired) electrons. The Bertz CT molecular complexity index is 290. The van der Waals surface area contributed by atoms with Crippen molar-refractivity contribution in [2.75, 3.05) is 39.9 Å². The van der Waals surface area contributed by atoms with Gasteiger partial charge in [0.15, 0.2) is 0 Å². The lowest BCUT2D eigenvalue weighted by Gasteiger charge is -2.30. The summed E-state index contributed by atoms with van der Waals surface area (Å²) in [6, 6.07) is 2.52. The maximum atomic E-state index is 9.44. The van der Waals surface area contributed by atoms with Crippen LogP contribution in [0.2, 0.25) is 0 Å². The van der Waals surface area contributed by atoms with Crippen LogP contribution in [0.25, 0.3) is 0 Å². The van der Waals surface area contributed by atoms with Gasteiger partial charge < -0.3 is 15.0 Å². The van der Waals surface area contributed by atoms with Gasteiger partial charge in [-0.25, -0.2) is 0 Å². The highest BCUT2D eigenvalue weighted by molar-refractivity contribution is 5.13. The molecule has 0 aromatic heterocycles. The average molecular weight is 267 g/mol. The lowest BCUT2D eigenvalue weighted by molar-refractivity contribution is 0.111. The molecule has 1 fully saturated rings. The van der Waals surface area contributed by atoms with Crippen molar-refractivity contribution in [1.29, 1.82) is 5.26 Å². The number of hydrogen-bond acceptors (Lipinski definition) is 4. The van der Waals surface area contributed by atoms with Crippen molar-refractivity contribution in [3.63, 3.8) is 0 Å². The van der Waals surface area contributed by atoms with Crippen LogP contribution in [-0.2, 0) is 4.74 Å². The Balaban J connectivity index is 2.39. The van der Waals surface area contributed by atoms with Crippen LogP contribution >= 0.6 is 0 Å². The molecule has 0 aromatic carbocycles. The topological polar surface area (TPSA) is 48.3 Å². The van der Waals surface area contributed by atoms with Gasteiger partial charge in [-0.2, -0.15) is 5.26 Å². The molecule has 0 aromatic rings. The molecule has 2 atom stereocenters. The Morgan fingerprint density at radius 1 is 1.42 bits per heavy atom. The Labute approximate surface area is 118 Å². The first kappa shape index (κ1) is 16.4. The molecule has 4 heteroatoms. The van der Waals surface area contributed by atoms with E-state index in [1.165, 1.54) is 12.8 Å². The first-order chi connectivity index (χ1) is 9.22. The second kappa shape index (κ2) is 8.52. The van der Waals surface area contributed by atoms with E-state index in [0.717, 1.165) is 45.7 Å². The normalized spacial score (nSPS) is 26.8. The molecule has 0 saturated heterocycles. The molecule has 1 aliphatic rings. The minimum atomic E-state index is -0.278. The maximum Gasteiger partial charge on any atom is 0.109 e. The van der Waals surface area contributed by atoms with E-state index >= 15 is 0 Å². The van der Waals surface area contributed by atoms with Gasteiger partial charge in [-0.1, -0.05) is 13.3 Å². The second-order valence-corrected chi connectivity index (χ2v) is 5.34. The number of ether oxygens (including phenoxy) is 1. The largest absolute Gasteiger partial charge is 0.380 e. The van der Waals surface area contributed by atoms with Crippen LogP contribution in [0.4, 0.5) is 0 Å². The number of likely N-dealkylation sites (N-methyl/N-ethyl adjacent to an activating group) is 1. The minimum absolute atomic E-state index is 0.278. The third-order valence-electron chi connectivity index (χ3n) is 4.46. The summed E-state index contributed by atoms with van der Waals surface area (Å²) in [6.07, 6.45) is 4.45. The molecule has 110 valence electrons. The standard InChI is InChI=1S/C15H29N3O/c1-4-18(11-12-19-5-2)10-8-14-7-6-9-15(14,13-16)17-3/h14,17H,4-12H2,1-3H3. The van der Waals surface area contributed by atoms with Crippen molar-refractivity contribution in [1.82, 2.24) is 10.2 Å². The third-order valence-corrected chi connectivity index (χ3v) is 4.46. The summed E-state index contributed by atoms with van der Waals surface area (Å²) in [6.45, 7) is 8.94. The van der Waals surface area contributed by atoms with Crippen LogP contribution in [0.3, 0.4) is 0 Å². The summed E-state index contributed by atoms with van der Waals surface area (Å²) in [5, 5.41) is 12.7. The van der Waals surface area contributed by atoms with E-state index in [2.05, 4.69) is 23.2 Å². The lowest BCUT2D eigenvalue weighted by atomic mass is 9.86. The fourth-order valence-electron chi connectivity index (χ4n) is 3.11. The van der Waals surface area contributed by atoms with Gasteiger partial charge in [0.25, 0.3) is 0 Å². The van der Waals surface area contributed by atoms with E-state index in [0.29, 0.717) is 5.92 Å². The van der Waals surface area contributed by atoms with Crippen molar-refractivity contribution in [3.8, 4) is 6.07 Å². The number of hydrogen-bond donors (Lipinski definition) is 1. The van der Waals surface area contributed by atoms with Gasteiger partial charge in [0.05, 0.1) is 12.7 Å². The zero-order valence-corrected chi connectivity index (χ0v) is 12.7. The third kappa shape index (κ3) is 4.45. The number of rotatable bonds is 9. The van der Waals surface area contributed by atoms with E-state index < -0.39 is 0 Å². The predicted molar refractivity (Wildman–Crippen MR) is 78.0 cm³/mol. The SMILES string of the molecule is CCOCCN(CC)CCC1CCCC1(C#N)NC. The Morgan fingerprint density at radius 2 is 2.21 bits per heavy atom. The molecule has 19 heavy (non-hydrogen) atoms. The molecule has 1 aliphatic carbocycles. The van der Waals surface area contributed by atoms with E-state index in [1.54, 1.807) is 0 Å². The highest BCUT2D eigenvalue weighted by Crippen LogP contribution is 2.37. The molecular weight excluding hydrogens is 238 g/mol. The molecule has 0 amide bonds. The zero-order chi connectivity index (χ0) is 14.1. The number of nitrogens with one attached hydrogen (secondary N) is 1. The molecule has 1 rings (SSSR count). The van der Waals surface area contributed by atoms with Crippen LogP contribution in [0.5, 0.6) is 0 Å². The Morgan fingerprint density at radius 3 is 2.79 bits per heavy atom. The molecule has 0 bridgehead atoms. The average Bonchev–Trinajstić information content (AvgIpc) is 2.86. The van der Waals surface area contributed by atoms with Crippen LogP contribution < -0.4 is 5.32 Å². The molecule has 1 N–H and O–H groups in total. The number of nitriles is 1. The van der Waals surface area contributed by atoms with Gasteiger partial charge in [0.2, 0.25) is 0 Å². The molecule has 0 heterocycles.